The first-order valence-corrected chi connectivity index (χ1v) is 4.82. The van der Waals surface area contributed by atoms with Gasteiger partial charge in [0.15, 0.2) is 0 Å². The molecule has 2 N–H and O–H groups in total. The van der Waals surface area contributed by atoms with Crippen LogP contribution in [0.4, 0.5) is 5.69 Å². The zero-order valence-electron chi connectivity index (χ0n) is 7.04. The average molecular weight is 225 g/mol. The van der Waals surface area contributed by atoms with Crippen LogP contribution in [0.1, 0.15) is 5.56 Å². The quantitative estimate of drug-likeness (QED) is 0.720. The summed E-state index contributed by atoms with van der Waals surface area (Å²) in [4.78, 5) is 0. The molecule has 0 spiro atoms. The van der Waals surface area contributed by atoms with Crippen LogP contribution in [0.25, 0.3) is 0 Å². The van der Waals surface area contributed by atoms with Crippen molar-refractivity contribution in [3.8, 4) is 0 Å². The fourth-order valence-electron chi connectivity index (χ4n) is 1.04. The molecule has 0 aliphatic rings. The minimum absolute atomic E-state index is 0.170. The van der Waals surface area contributed by atoms with E-state index in [-0.39, 0.29) is 6.61 Å². The summed E-state index contributed by atoms with van der Waals surface area (Å²) in [5, 5.41) is 11.7. The van der Waals surface area contributed by atoms with Crippen molar-refractivity contribution in [3.05, 3.63) is 23.8 Å². The second-order valence-electron chi connectivity index (χ2n) is 2.65. The summed E-state index contributed by atoms with van der Waals surface area (Å²) < 4.78 is 1.20. The Morgan fingerprint density at radius 3 is 2.83 bits per heavy atom. The number of rotatable bonds is 3. The van der Waals surface area contributed by atoms with Gasteiger partial charge >= 0.3 is 81.2 Å². The van der Waals surface area contributed by atoms with Gasteiger partial charge in [-0.3, -0.25) is 0 Å². The Bertz CT molecular complexity index is 263. The minimum atomic E-state index is 0.170. The van der Waals surface area contributed by atoms with Crippen molar-refractivity contribution < 1.29 is 5.11 Å². The summed E-state index contributed by atoms with van der Waals surface area (Å²) in [6, 6.07) is 6.16. The number of hydrogen-bond acceptors (Lipinski definition) is 2. The van der Waals surface area contributed by atoms with Gasteiger partial charge in [-0.2, -0.15) is 0 Å². The third kappa shape index (κ3) is 2.54. The molecule has 1 aromatic rings. The first kappa shape index (κ1) is 9.63. The van der Waals surface area contributed by atoms with E-state index < -0.39 is 0 Å². The molecular weight excluding hydrogens is 213 g/mol. The standard InChI is InChI=1S/C9H12AsNO/c1-7-6-8(10)2-3-9(7)11-4-5-12/h2-3,6,11-12H,4-5H2,1H3. The van der Waals surface area contributed by atoms with Crippen molar-refractivity contribution in [2.24, 2.45) is 0 Å². The molecule has 0 aliphatic heterocycles. The predicted molar refractivity (Wildman–Crippen MR) is 52.1 cm³/mol. The van der Waals surface area contributed by atoms with E-state index in [1.165, 1.54) is 9.91 Å². The predicted octanol–water partition coefficient (Wildman–Crippen LogP) is 0.193. The van der Waals surface area contributed by atoms with Crippen molar-refractivity contribution in [2.45, 2.75) is 6.92 Å². The van der Waals surface area contributed by atoms with Gasteiger partial charge in [0.2, 0.25) is 0 Å². The van der Waals surface area contributed by atoms with Crippen molar-refractivity contribution >= 4 is 26.9 Å². The molecule has 3 heteroatoms. The molecule has 0 atom stereocenters. The third-order valence-electron chi connectivity index (χ3n) is 1.64. The van der Waals surface area contributed by atoms with E-state index >= 15 is 0 Å². The summed E-state index contributed by atoms with van der Waals surface area (Å²) in [6.07, 6.45) is 0. The molecule has 64 valence electrons. The Morgan fingerprint density at radius 2 is 2.25 bits per heavy atom. The maximum atomic E-state index is 8.61. The number of anilines is 1. The van der Waals surface area contributed by atoms with Gasteiger partial charge in [0, 0.05) is 0 Å². The molecule has 1 rings (SSSR count). The van der Waals surface area contributed by atoms with Gasteiger partial charge in [-0.15, -0.1) is 0 Å². The van der Waals surface area contributed by atoms with Gasteiger partial charge < -0.3 is 0 Å². The summed E-state index contributed by atoms with van der Waals surface area (Å²) in [6.45, 7) is 2.83. The first-order chi connectivity index (χ1) is 5.74. The molecule has 0 heterocycles. The van der Waals surface area contributed by atoms with E-state index in [1.54, 1.807) is 0 Å². The zero-order valence-corrected chi connectivity index (χ0v) is 8.92. The van der Waals surface area contributed by atoms with Gasteiger partial charge in [0.1, 0.15) is 0 Å². The van der Waals surface area contributed by atoms with Crippen LogP contribution in [0.3, 0.4) is 0 Å². The molecule has 2 nitrogen and oxygen atoms in total. The van der Waals surface area contributed by atoms with Gasteiger partial charge in [0.25, 0.3) is 0 Å². The van der Waals surface area contributed by atoms with E-state index in [9.17, 15) is 0 Å². The maximum absolute atomic E-state index is 8.61. The molecule has 1 aromatic carbocycles. The van der Waals surface area contributed by atoms with E-state index in [1.807, 2.05) is 12.1 Å². The van der Waals surface area contributed by atoms with Crippen LogP contribution < -0.4 is 9.67 Å². The summed E-state index contributed by atoms with van der Waals surface area (Å²) >= 11 is 2.51. The third-order valence-corrected chi connectivity index (χ3v) is 2.22. The molecule has 0 amide bonds. The van der Waals surface area contributed by atoms with Crippen LogP contribution in [-0.2, 0) is 0 Å². The van der Waals surface area contributed by atoms with Gasteiger partial charge in [-0.25, -0.2) is 0 Å². The molecule has 2 radical (unpaired) electrons. The molecule has 0 unspecified atom stereocenters. The molecule has 0 fully saturated rings. The van der Waals surface area contributed by atoms with Crippen LogP contribution in [0, 0.1) is 6.92 Å². The Morgan fingerprint density at radius 1 is 1.50 bits per heavy atom. The summed E-state index contributed by atoms with van der Waals surface area (Å²) in [7, 11) is 0. The Balaban J connectivity index is 2.72. The number of aryl methyl sites for hydroxylation is 1. The Kier molecular flexibility index (Phi) is 3.64. The van der Waals surface area contributed by atoms with Crippen LogP contribution in [-0.4, -0.2) is 35.1 Å². The monoisotopic (exact) mass is 225 g/mol. The second kappa shape index (κ2) is 4.54. The van der Waals surface area contributed by atoms with Crippen LogP contribution >= 0.6 is 0 Å². The van der Waals surface area contributed by atoms with Crippen molar-refractivity contribution in [2.75, 3.05) is 18.5 Å². The van der Waals surface area contributed by atoms with Crippen LogP contribution in [0.15, 0.2) is 18.2 Å². The van der Waals surface area contributed by atoms with Gasteiger partial charge in [-0.1, -0.05) is 0 Å². The molecule has 0 bridgehead atoms. The SMILES string of the molecule is Cc1cc([As])ccc1NCCO. The van der Waals surface area contributed by atoms with E-state index in [0.29, 0.717) is 6.54 Å². The molecule has 0 saturated carbocycles. The van der Waals surface area contributed by atoms with Crippen molar-refractivity contribution in [1.29, 1.82) is 0 Å². The second-order valence-corrected chi connectivity index (χ2v) is 3.73. The molecular formula is C9H12AsNO. The van der Waals surface area contributed by atoms with E-state index in [4.69, 9.17) is 5.11 Å². The van der Waals surface area contributed by atoms with Crippen LogP contribution in [0.2, 0.25) is 0 Å². The van der Waals surface area contributed by atoms with E-state index in [0.717, 1.165) is 5.69 Å². The number of benzene rings is 1. The first-order valence-electron chi connectivity index (χ1n) is 3.88. The summed E-state index contributed by atoms with van der Waals surface area (Å²) in [5.41, 5.74) is 2.31. The van der Waals surface area contributed by atoms with Crippen molar-refractivity contribution in [1.82, 2.24) is 0 Å². The topological polar surface area (TPSA) is 32.3 Å². The number of aliphatic hydroxyl groups excluding tert-OH is 1. The number of nitrogens with one attached hydrogen (secondary N) is 1. The van der Waals surface area contributed by atoms with E-state index in [2.05, 4.69) is 35.2 Å². The zero-order chi connectivity index (χ0) is 8.97. The molecule has 0 aliphatic carbocycles. The fourth-order valence-corrected chi connectivity index (χ4v) is 1.60. The van der Waals surface area contributed by atoms with Gasteiger partial charge in [0.05, 0.1) is 0 Å². The normalized spacial score (nSPS) is 9.92. The van der Waals surface area contributed by atoms with Crippen molar-refractivity contribution in [3.63, 3.8) is 0 Å². The number of hydrogen-bond donors (Lipinski definition) is 2. The summed E-state index contributed by atoms with van der Waals surface area (Å²) in [5.74, 6) is 0. The molecule has 0 saturated heterocycles. The van der Waals surface area contributed by atoms with Gasteiger partial charge in [-0.05, 0) is 0 Å². The Labute approximate surface area is 81.5 Å². The molecule has 0 aromatic heterocycles. The molecule has 12 heavy (non-hydrogen) atoms. The average Bonchev–Trinajstić information content (AvgIpc) is 2.03. The Hall–Kier alpha value is -0.462. The van der Waals surface area contributed by atoms with Crippen LogP contribution in [0.5, 0.6) is 0 Å². The number of aliphatic hydroxyl groups is 1. The fraction of sp³-hybridized carbons (Fsp3) is 0.333.